The topological polar surface area (TPSA) is 43.1 Å². The van der Waals surface area contributed by atoms with Crippen LogP contribution in [0.5, 0.6) is 0 Å². The average Bonchev–Trinajstić information content (AvgIpc) is 2.84. The Balaban J connectivity index is 1.98. The van der Waals surface area contributed by atoms with E-state index in [0.29, 0.717) is 0 Å². The summed E-state index contributed by atoms with van der Waals surface area (Å²) in [6, 6.07) is 10.4. The Labute approximate surface area is 122 Å². The van der Waals surface area contributed by atoms with Gasteiger partial charge in [-0.15, -0.1) is 0 Å². The van der Waals surface area contributed by atoms with Crippen LogP contribution in [0, 0.1) is 13.8 Å². The van der Waals surface area contributed by atoms with Gasteiger partial charge in [0.1, 0.15) is 5.82 Å². The van der Waals surface area contributed by atoms with Crippen molar-refractivity contribution in [2.45, 2.75) is 13.8 Å². The number of rotatable bonds is 1. The quantitative estimate of drug-likeness (QED) is 0.533. The zero-order chi connectivity index (χ0) is 14.4. The van der Waals surface area contributed by atoms with Crippen molar-refractivity contribution in [2.75, 3.05) is 0 Å². The molecule has 0 atom stereocenters. The van der Waals surface area contributed by atoms with Gasteiger partial charge in [-0.25, -0.2) is 4.98 Å². The zero-order valence-electron chi connectivity index (χ0n) is 11.9. The number of pyridine rings is 1. The van der Waals surface area contributed by atoms with Crippen molar-refractivity contribution >= 4 is 16.4 Å². The van der Waals surface area contributed by atoms with Crippen LogP contribution < -0.4 is 0 Å². The van der Waals surface area contributed by atoms with Gasteiger partial charge in [-0.2, -0.15) is 0 Å². The Morgan fingerprint density at radius 2 is 1.90 bits per heavy atom. The van der Waals surface area contributed by atoms with Crippen molar-refractivity contribution < 1.29 is 0 Å². The van der Waals surface area contributed by atoms with Gasteiger partial charge in [-0.3, -0.25) is 9.97 Å². The number of hydrogen-bond donors (Lipinski definition) is 0. The molecule has 0 bridgehead atoms. The van der Waals surface area contributed by atoms with Crippen LogP contribution in [0.15, 0.2) is 48.9 Å². The van der Waals surface area contributed by atoms with E-state index in [0.717, 1.165) is 39.2 Å². The second kappa shape index (κ2) is 4.38. The molecule has 4 nitrogen and oxygen atoms in total. The van der Waals surface area contributed by atoms with E-state index in [2.05, 4.69) is 43.6 Å². The molecule has 0 unspecified atom stereocenters. The summed E-state index contributed by atoms with van der Waals surface area (Å²) in [6.45, 7) is 4.01. The highest BCUT2D eigenvalue weighted by atomic mass is 15.0. The lowest BCUT2D eigenvalue weighted by Crippen LogP contribution is -1.87. The lowest BCUT2D eigenvalue weighted by molar-refractivity contribution is 1.03. The van der Waals surface area contributed by atoms with Gasteiger partial charge in [-0.1, -0.05) is 12.1 Å². The van der Waals surface area contributed by atoms with E-state index in [1.54, 1.807) is 6.20 Å². The molecule has 0 fully saturated rings. The summed E-state index contributed by atoms with van der Waals surface area (Å²) in [7, 11) is 0. The van der Waals surface area contributed by atoms with Crippen molar-refractivity contribution in [2.24, 2.45) is 0 Å². The fourth-order valence-corrected chi connectivity index (χ4v) is 2.68. The molecule has 21 heavy (non-hydrogen) atoms. The number of imidazole rings is 1. The number of fused-ring (bicyclic) bond motifs is 2. The Bertz CT molecular complexity index is 969. The van der Waals surface area contributed by atoms with Gasteiger partial charge < -0.3 is 4.40 Å². The standard InChI is InChI=1S/C17H14N4/c1-11-3-4-13-9-14(5-6-15(13)19-11)17-16-10-18-7-8-21(16)12(2)20-17/h3-10H,1-2H3. The molecule has 0 aliphatic carbocycles. The highest BCUT2D eigenvalue weighted by Crippen LogP contribution is 2.27. The molecule has 0 saturated heterocycles. The molecule has 0 amide bonds. The van der Waals surface area contributed by atoms with Gasteiger partial charge in [0.15, 0.2) is 0 Å². The zero-order valence-corrected chi connectivity index (χ0v) is 11.9. The second-order valence-electron chi connectivity index (χ2n) is 5.20. The third kappa shape index (κ3) is 1.88. The molecule has 4 aromatic rings. The van der Waals surface area contributed by atoms with Crippen molar-refractivity contribution in [3.8, 4) is 11.3 Å². The van der Waals surface area contributed by atoms with Gasteiger partial charge in [0.05, 0.1) is 22.9 Å². The molecule has 0 radical (unpaired) electrons. The van der Waals surface area contributed by atoms with Crippen molar-refractivity contribution in [3.05, 3.63) is 60.4 Å². The number of nitrogens with zero attached hydrogens (tertiary/aromatic N) is 4. The van der Waals surface area contributed by atoms with Gasteiger partial charge in [0.2, 0.25) is 0 Å². The predicted octanol–water partition coefficient (Wildman–Crippen LogP) is 3.56. The molecule has 4 rings (SSSR count). The van der Waals surface area contributed by atoms with Crippen molar-refractivity contribution in [1.29, 1.82) is 0 Å². The third-order valence-electron chi connectivity index (χ3n) is 3.72. The molecule has 0 saturated carbocycles. The first-order chi connectivity index (χ1) is 10.2. The Morgan fingerprint density at radius 1 is 1.00 bits per heavy atom. The minimum absolute atomic E-state index is 0.961. The van der Waals surface area contributed by atoms with E-state index in [9.17, 15) is 0 Å². The SMILES string of the molecule is Cc1ccc2cc(-c3nc(C)n4ccncc34)ccc2n1. The van der Waals surface area contributed by atoms with Crippen molar-refractivity contribution in [3.63, 3.8) is 0 Å². The fraction of sp³-hybridized carbons (Fsp3) is 0.118. The highest BCUT2D eigenvalue weighted by Gasteiger charge is 2.10. The maximum atomic E-state index is 4.69. The van der Waals surface area contributed by atoms with Gasteiger partial charge in [0.25, 0.3) is 0 Å². The highest BCUT2D eigenvalue weighted by molar-refractivity contribution is 5.87. The van der Waals surface area contributed by atoms with E-state index in [4.69, 9.17) is 0 Å². The normalized spacial score (nSPS) is 11.3. The molecular formula is C17H14N4. The van der Waals surface area contributed by atoms with E-state index < -0.39 is 0 Å². The van der Waals surface area contributed by atoms with Crippen LogP contribution in [0.2, 0.25) is 0 Å². The van der Waals surface area contributed by atoms with Crippen LogP contribution in [0.3, 0.4) is 0 Å². The molecule has 3 aromatic heterocycles. The smallest absolute Gasteiger partial charge is 0.110 e. The van der Waals surface area contributed by atoms with E-state index in [1.807, 2.05) is 32.3 Å². The first-order valence-corrected chi connectivity index (χ1v) is 6.89. The summed E-state index contributed by atoms with van der Waals surface area (Å²) in [5.74, 6) is 0.963. The third-order valence-corrected chi connectivity index (χ3v) is 3.72. The van der Waals surface area contributed by atoms with Gasteiger partial charge in [0, 0.05) is 29.0 Å². The first kappa shape index (κ1) is 12.0. The summed E-state index contributed by atoms with van der Waals surface area (Å²) in [5, 5.41) is 1.13. The lowest BCUT2D eigenvalue weighted by Gasteiger charge is -2.02. The molecule has 0 aliphatic rings. The maximum Gasteiger partial charge on any atom is 0.110 e. The van der Waals surface area contributed by atoms with Crippen LogP contribution in [0.1, 0.15) is 11.5 Å². The number of aryl methyl sites for hydroxylation is 2. The second-order valence-corrected chi connectivity index (χ2v) is 5.20. The lowest BCUT2D eigenvalue weighted by atomic mass is 10.1. The average molecular weight is 274 g/mol. The van der Waals surface area contributed by atoms with Gasteiger partial charge in [-0.05, 0) is 32.0 Å². The molecule has 1 aromatic carbocycles. The Morgan fingerprint density at radius 3 is 2.81 bits per heavy atom. The largest absolute Gasteiger partial charge is 0.300 e. The van der Waals surface area contributed by atoms with Gasteiger partial charge >= 0.3 is 0 Å². The molecule has 102 valence electrons. The van der Waals surface area contributed by atoms with Crippen LogP contribution in [-0.2, 0) is 0 Å². The van der Waals surface area contributed by atoms with Crippen LogP contribution in [-0.4, -0.2) is 19.4 Å². The number of benzene rings is 1. The maximum absolute atomic E-state index is 4.69. The van der Waals surface area contributed by atoms with Crippen LogP contribution in [0.4, 0.5) is 0 Å². The number of aromatic nitrogens is 4. The Kier molecular flexibility index (Phi) is 2.51. The van der Waals surface area contributed by atoms with Crippen LogP contribution in [0.25, 0.3) is 27.7 Å². The minimum atomic E-state index is 0.961. The summed E-state index contributed by atoms with van der Waals surface area (Å²) >= 11 is 0. The molecule has 3 heterocycles. The van der Waals surface area contributed by atoms with Crippen LogP contribution >= 0.6 is 0 Å². The number of hydrogen-bond acceptors (Lipinski definition) is 3. The summed E-state index contributed by atoms with van der Waals surface area (Å²) in [4.78, 5) is 13.4. The molecule has 0 N–H and O–H groups in total. The fourth-order valence-electron chi connectivity index (χ4n) is 2.68. The molecular weight excluding hydrogens is 260 g/mol. The van der Waals surface area contributed by atoms with Crippen molar-refractivity contribution in [1.82, 2.24) is 19.4 Å². The van der Waals surface area contributed by atoms with E-state index >= 15 is 0 Å². The summed E-state index contributed by atoms with van der Waals surface area (Å²) < 4.78 is 2.06. The van der Waals surface area contributed by atoms with E-state index in [1.165, 1.54) is 0 Å². The van der Waals surface area contributed by atoms with E-state index in [-0.39, 0.29) is 0 Å². The molecule has 4 heteroatoms. The first-order valence-electron chi connectivity index (χ1n) is 6.89. The minimum Gasteiger partial charge on any atom is -0.300 e. The predicted molar refractivity (Wildman–Crippen MR) is 83.2 cm³/mol. The molecule has 0 spiro atoms. The Hall–Kier alpha value is -2.75. The summed E-state index contributed by atoms with van der Waals surface area (Å²) in [5.41, 5.74) is 5.11. The summed E-state index contributed by atoms with van der Waals surface area (Å²) in [6.07, 6.45) is 5.57. The molecule has 0 aliphatic heterocycles. The monoisotopic (exact) mass is 274 g/mol.